The molecule has 106 valence electrons. The first kappa shape index (κ1) is 14.5. The number of nitrogens with one attached hydrogen (secondary N) is 1. The van der Waals surface area contributed by atoms with Gasteiger partial charge >= 0.3 is 0 Å². The van der Waals surface area contributed by atoms with Crippen molar-refractivity contribution in [3.05, 3.63) is 35.4 Å². The Bertz CT molecular complexity index is 522. The SMILES string of the molecule is CC(C)c1ccc(CNC2CS(=O)(=O)CC2O)cc1. The first-order chi connectivity index (χ1) is 8.87. The van der Waals surface area contributed by atoms with E-state index in [1.165, 1.54) is 5.56 Å². The normalized spacial score (nSPS) is 25.9. The molecule has 1 aliphatic heterocycles. The van der Waals surface area contributed by atoms with E-state index in [4.69, 9.17) is 0 Å². The smallest absolute Gasteiger partial charge is 0.154 e. The van der Waals surface area contributed by atoms with Gasteiger partial charge in [0.1, 0.15) is 0 Å². The number of benzene rings is 1. The van der Waals surface area contributed by atoms with Crippen LogP contribution in [0.4, 0.5) is 0 Å². The highest BCUT2D eigenvalue weighted by Gasteiger charge is 2.35. The van der Waals surface area contributed by atoms with Gasteiger partial charge in [-0.15, -0.1) is 0 Å². The molecule has 0 amide bonds. The Hall–Kier alpha value is -0.910. The summed E-state index contributed by atoms with van der Waals surface area (Å²) in [4.78, 5) is 0. The number of hydrogen-bond donors (Lipinski definition) is 2. The van der Waals surface area contributed by atoms with Crippen LogP contribution in [0, 0.1) is 0 Å². The van der Waals surface area contributed by atoms with Crippen LogP contribution >= 0.6 is 0 Å². The summed E-state index contributed by atoms with van der Waals surface area (Å²) in [5.74, 6) is 0.402. The molecule has 5 heteroatoms. The average molecular weight is 283 g/mol. The highest BCUT2D eigenvalue weighted by Crippen LogP contribution is 2.16. The molecule has 0 spiro atoms. The standard InChI is InChI=1S/C14H21NO3S/c1-10(2)12-5-3-11(4-6-12)7-15-13-8-19(17,18)9-14(13)16/h3-6,10,13-16H,7-9H2,1-2H3. The van der Waals surface area contributed by atoms with E-state index >= 15 is 0 Å². The summed E-state index contributed by atoms with van der Waals surface area (Å²) in [6.07, 6.45) is -0.792. The van der Waals surface area contributed by atoms with Crippen LogP contribution in [0.1, 0.15) is 30.9 Å². The molecule has 2 rings (SSSR count). The van der Waals surface area contributed by atoms with Crippen molar-refractivity contribution in [3.63, 3.8) is 0 Å². The zero-order chi connectivity index (χ0) is 14.0. The van der Waals surface area contributed by atoms with Crippen LogP contribution in [0.15, 0.2) is 24.3 Å². The lowest BCUT2D eigenvalue weighted by Crippen LogP contribution is -2.38. The molecular weight excluding hydrogens is 262 g/mol. The number of aliphatic hydroxyl groups is 1. The van der Waals surface area contributed by atoms with Crippen molar-refractivity contribution in [2.45, 2.75) is 38.5 Å². The van der Waals surface area contributed by atoms with E-state index in [0.717, 1.165) is 5.56 Å². The van der Waals surface area contributed by atoms with Crippen molar-refractivity contribution in [2.24, 2.45) is 0 Å². The average Bonchev–Trinajstić information content (AvgIpc) is 2.60. The Morgan fingerprint density at radius 3 is 2.37 bits per heavy atom. The molecule has 1 aliphatic rings. The van der Waals surface area contributed by atoms with Crippen molar-refractivity contribution < 1.29 is 13.5 Å². The van der Waals surface area contributed by atoms with Crippen molar-refractivity contribution in [1.82, 2.24) is 5.32 Å². The maximum absolute atomic E-state index is 11.4. The van der Waals surface area contributed by atoms with Gasteiger partial charge in [-0.1, -0.05) is 38.1 Å². The minimum absolute atomic E-state index is 0.0260. The zero-order valence-electron chi connectivity index (χ0n) is 11.3. The fourth-order valence-corrected chi connectivity index (χ4v) is 4.07. The maximum atomic E-state index is 11.4. The summed E-state index contributed by atoms with van der Waals surface area (Å²) in [6, 6.07) is 7.90. The van der Waals surface area contributed by atoms with Gasteiger partial charge in [0.25, 0.3) is 0 Å². The fraction of sp³-hybridized carbons (Fsp3) is 0.571. The zero-order valence-corrected chi connectivity index (χ0v) is 12.2. The lowest BCUT2D eigenvalue weighted by atomic mass is 10.0. The first-order valence-corrected chi connectivity index (χ1v) is 8.40. The molecule has 0 saturated carbocycles. The molecule has 19 heavy (non-hydrogen) atoms. The summed E-state index contributed by atoms with van der Waals surface area (Å²) in [5, 5.41) is 12.8. The predicted octanol–water partition coefficient (Wildman–Crippen LogP) is 1.06. The van der Waals surface area contributed by atoms with Gasteiger partial charge in [-0.2, -0.15) is 0 Å². The van der Waals surface area contributed by atoms with Gasteiger partial charge < -0.3 is 10.4 Å². The Morgan fingerprint density at radius 1 is 1.26 bits per heavy atom. The Morgan fingerprint density at radius 2 is 1.89 bits per heavy atom. The van der Waals surface area contributed by atoms with Gasteiger partial charge in [0.05, 0.1) is 17.6 Å². The van der Waals surface area contributed by atoms with Gasteiger partial charge in [0.15, 0.2) is 9.84 Å². The highest BCUT2D eigenvalue weighted by molar-refractivity contribution is 7.91. The van der Waals surface area contributed by atoms with Gasteiger partial charge in [-0.25, -0.2) is 8.42 Å². The second kappa shape index (κ2) is 5.61. The third-order valence-corrected chi connectivity index (χ3v) is 5.25. The van der Waals surface area contributed by atoms with Gasteiger partial charge in [0.2, 0.25) is 0 Å². The number of aliphatic hydroxyl groups excluding tert-OH is 1. The van der Waals surface area contributed by atoms with Crippen molar-refractivity contribution >= 4 is 9.84 Å². The molecule has 2 atom stereocenters. The van der Waals surface area contributed by atoms with Gasteiger partial charge in [0, 0.05) is 12.6 Å². The minimum atomic E-state index is -3.08. The Balaban J connectivity index is 1.92. The van der Waals surface area contributed by atoms with Gasteiger partial charge in [-0.3, -0.25) is 0 Å². The number of rotatable bonds is 4. The number of hydrogen-bond acceptors (Lipinski definition) is 4. The molecule has 2 N–H and O–H groups in total. The lowest BCUT2D eigenvalue weighted by molar-refractivity contribution is 0.165. The maximum Gasteiger partial charge on any atom is 0.154 e. The predicted molar refractivity (Wildman–Crippen MR) is 75.8 cm³/mol. The molecule has 0 bridgehead atoms. The summed E-state index contributed by atoms with van der Waals surface area (Å²) in [7, 11) is -3.08. The third kappa shape index (κ3) is 3.78. The van der Waals surface area contributed by atoms with Crippen LogP contribution in [-0.2, 0) is 16.4 Å². The van der Waals surface area contributed by atoms with E-state index in [-0.39, 0.29) is 17.5 Å². The molecular formula is C14H21NO3S. The third-order valence-electron chi connectivity index (χ3n) is 3.54. The summed E-state index contributed by atoms with van der Waals surface area (Å²) in [6.45, 7) is 4.87. The van der Waals surface area contributed by atoms with Crippen LogP contribution in [0.3, 0.4) is 0 Å². The van der Waals surface area contributed by atoms with E-state index in [9.17, 15) is 13.5 Å². The molecule has 0 aromatic heterocycles. The molecule has 1 aromatic carbocycles. The van der Waals surface area contributed by atoms with E-state index < -0.39 is 15.9 Å². The molecule has 1 heterocycles. The van der Waals surface area contributed by atoms with E-state index in [1.807, 2.05) is 12.1 Å². The molecule has 1 fully saturated rings. The Kier molecular flexibility index (Phi) is 4.28. The topological polar surface area (TPSA) is 66.4 Å². The van der Waals surface area contributed by atoms with Crippen LogP contribution in [0.25, 0.3) is 0 Å². The summed E-state index contributed by atoms with van der Waals surface area (Å²) in [5.41, 5.74) is 2.38. The first-order valence-electron chi connectivity index (χ1n) is 6.58. The molecule has 0 radical (unpaired) electrons. The highest BCUT2D eigenvalue weighted by atomic mass is 32.2. The van der Waals surface area contributed by atoms with Gasteiger partial charge in [-0.05, 0) is 17.0 Å². The second-order valence-corrected chi connectivity index (χ2v) is 7.68. The summed E-state index contributed by atoms with van der Waals surface area (Å²) < 4.78 is 22.8. The van der Waals surface area contributed by atoms with Crippen molar-refractivity contribution in [2.75, 3.05) is 11.5 Å². The Labute approximate surface area is 114 Å². The van der Waals surface area contributed by atoms with Crippen molar-refractivity contribution in [1.29, 1.82) is 0 Å². The van der Waals surface area contributed by atoms with E-state index in [0.29, 0.717) is 12.5 Å². The largest absolute Gasteiger partial charge is 0.390 e. The van der Waals surface area contributed by atoms with Crippen LogP contribution in [0.5, 0.6) is 0 Å². The van der Waals surface area contributed by atoms with E-state index in [2.05, 4.69) is 31.3 Å². The molecule has 1 aromatic rings. The van der Waals surface area contributed by atoms with Crippen LogP contribution in [-0.4, -0.2) is 37.2 Å². The molecule has 2 unspecified atom stereocenters. The minimum Gasteiger partial charge on any atom is -0.390 e. The number of sulfone groups is 1. The summed E-state index contributed by atoms with van der Waals surface area (Å²) >= 11 is 0. The molecule has 0 aliphatic carbocycles. The van der Waals surface area contributed by atoms with Crippen LogP contribution in [0.2, 0.25) is 0 Å². The molecule has 1 saturated heterocycles. The van der Waals surface area contributed by atoms with E-state index in [1.54, 1.807) is 0 Å². The lowest BCUT2D eigenvalue weighted by Gasteiger charge is -2.15. The second-order valence-electron chi connectivity index (χ2n) is 5.53. The molecule has 4 nitrogen and oxygen atoms in total. The van der Waals surface area contributed by atoms with Crippen molar-refractivity contribution in [3.8, 4) is 0 Å². The fourth-order valence-electron chi connectivity index (χ4n) is 2.29. The quantitative estimate of drug-likeness (QED) is 0.867. The monoisotopic (exact) mass is 283 g/mol. The van der Waals surface area contributed by atoms with Crippen LogP contribution < -0.4 is 5.32 Å².